The van der Waals surface area contributed by atoms with Crippen LogP contribution < -0.4 is 0 Å². The van der Waals surface area contributed by atoms with E-state index in [4.69, 9.17) is 9.47 Å². The second kappa shape index (κ2) is 12.6. The lowest BCUT2D eigenvalue weighted by Crippen LogP contribution is -2.13. The van der Waals surface area contributed by atoms with Crippen molar-refractivity contribution in [3.63, 3.8) is 0 Å². The lowest BCUT2D eigenvalue weighted by molar-refractivity contribution is -0.141. The maximum Gasteiger partial charge on any atom is 0.302 e. The Morgan fingerprint density at radius 1 is 1.22 bits per heavy atom. The summed E-state index contributed by atoms with van der Waals surface area (Å²) in [5.41, 5.74) is 0. The van der Waals surface area contributed by atoms with Gasteiger partial charge in [0.2, 0.25) is 0 Å². The summed E-state index contributed by atoms with van der Waals surface area (Å²) >= 11 is 0. The molecule has 1 atom stereocenters. The van der Waals surface area contributed by atoms with Gasteiger partial charge in [0.15, 0.2) is 0 Å². The van der Waals surface area contributed by atoms with Gasteiger partial charge in [-0.05, 0) is 32.1 Å². The van der Waals surface area contributed by atoms with Crippen LogP contribution in [0.3, 0.4) is 0 Å². The molecule has 0 aliphatic heterocycles. The van der Waals surface area contributed by atoms with Crippen molar-refractivity contribution in [3.8, 4) is 0 Å². The van der Waals surface area contributed by atoms with Crippen LogP contribution in [0.4, 0.5) is 0 Å². The summed E-state index contributed by atoms with van der Waals surface area (Å²) < 4.78 is 10.7. The normalized spacial score (nSPS) is 12.1. The summed E-state index contributed by atoms with van der Waals surface area (Å²) in [5.74, 6) is -0.201. The fourth-order valence-corrected chi connectivity index (χ4v) is 1.75. The first-order valence-corrected chi connectivity index (χ1v) is 7.06. The Morgan fingerprint density at radius 2 is 1.94 bits per heavy atom. The van der Waals surface area contributed by atoms with Gasteiger partial charge in [0, 0.05) is 13.5 Å². The summed E-state index contributed by atoms with van der Waals surface area (Å²) in [6.07, 6.45) is 9.63. The minimum atomic E-state index is -0.201. The molecule has 0 N–H and O–H groups in total. The first-order chi connectivity index (χ1) is 8.70. The minimum absolute atomic E-state index is 0.201. The summed E-state index contributed by atoms with van der Waals surface area (Å²) in [5, 5.41) is 0. The molecule has 0 amide bonds. The summed E-state index contributed by atoms with van der Waals surface area (Å²) in [6, 6.07) is 0. The van der Waals surface area contributed by atoms with Gasteiger partial charge in [0.25, 0.3) is 0 Å². The molecule has 3 heteroatoms. The monoisotopic (exact) mass is 256 g/mol. The predicted molar refractivity (Wildman–Crippen MR) is 74.6 cm³/mol. The van der Waals surface area contributed by atoms with Crippen LogP contribution in [0.2, 0.25) is 0 Å². The maximum absolute atomic E-state index is 10.6. The number of rotatable bonds is 12. The number of hydrogen-bond acceptors (Lipinski definition) is 3. The van der Waals surface area contributed by atoms with Gasteiger partial charge >= 0.3 is 5.97 Å². The molecule has 1 unspecified atom stereocenters. The van der Waals surface area contributed by atoms with Gasteiger partial charge in [0.05, 0.1) is 12.7 Å². The molecule has 0 bridgehead atoms. The topological polar surface area (TPSA) is 35.5 Å². The van der Waals surface area contributed by atoms with Crippen molar-refractivity contribution >= 4 is 5.97 Å². The van der Waals surface area contributed by atoms with E-state index in [2.05, 4.69) is 13.5 Å². The second-order valence-corrected chi connectivity index (χ2v) is 4.56. The first kappa shape index (κ1) is 17.2. The quantitative estimate of drug-likeness (QED) is 0.302. The van der Waals surface area contributed by atoms with E-state index in [1.165, 1.54) is 19.8 Å². The minimum Gasteiger partial charge on any atom is -0.466 e. The highest BCUT2D eigenvalue weighted by Crippen LogP contribution is 2.11. The third-order valence-corrected chi connectivity index (χ3v) is 2.76. The third-order valence-electron chi connectivity index (χ3n) is 2.76. The summed E-state index contributed by atoms with van der Waals surface area (Å²) in [4.78, 5) is 10.6. The number of hydrogen-bond donors (Lipinski definition) is 0. The van der Waals surface area contributed by atoms with Crippen LogP contribution in [0, 0.1) is 0 Å². The smallest absolute Gasteiger partial charge is 0.302 e. The Bertz CT molecular complexity index is 214. The molecule has 0 aliphatic carbocycles. The Balaban J connectivity index is 3.55. The van der Waals surface area contributed by atoms with Crippen molar-refractivity contribution in [3.05, 3.63) is 12.7 Å². The van der Waals surface area contributed by atoms with Crippen molar-refractivity contribution in [1.82, 2.24) is 0 Å². The molecule has 106 valence electrons. The second-order valence-electron chi connectivity index (χ2n) is 4.56. The SMILES string of the molecule is C=CCC(CCCCOC(C)=O)OCCCCC. The van der Waals surface area contributed by atoms with Crippen LogP contribution in [0.15, 0.2) is 12.7 Å². The van der Waals surface area contributed by atoms with Crippen molar-refractivity contribution < 1.29 is 14.3 Å². The molecule has 0 radical (unpaired) electrons. The van der Waals surface area contributed by atoms with Gasteiger partial charge < -0.3 is 9.47 Å². The van der Waals surface area contributed by atoms with E-state index in [-0.39, 0.29) is 12.1 Å². The summed E-state index contributed by atoms with van der Waals surface area (Å²) in [6.45, 7) is 8.76. The van der Waals surface area contributed by atoms with Gasteiger partial charge in [-0.25, -0.2) is 0 Å². The standard InChI is InChI=1S/C15H28O3/c1-4-6-8-13-18-15(10-5-2)11-7-9-12-17-14(3)16/h5,15H,2,4,6-13H2,1,3H3. The molecule has 0 saturated carbocycles. The molecule has 0 aromatic heterocycles. The molecular formula is C15H28O3. The van der Waals surface area contributed by atoms with Crippen LogP contribution in [0.1, 0.15) is 58.8 Å². The van der Waals surface area contributed by atoms with E-state index in [1.807, 2.05) is 6.08 Å². The zero-order valence-electron chi connectivity index (χ0n) is 12.0. The van der Waals surface area contributed by atoms with E-state index < -0.39 is 0 Å². The molecule has 0 spiro atoms. The number of carbonyl (C=O) groups is 1. The molecular weight excluding hydrogens is 228 g/mol. The molecule has 3 nitrogen and oxygen atoms in total. The average Bonchev–Trinajstić information content (AvgIpc) is 2.33. The van der Waals surface area contributed by atoms with Crippen LogP contribution in [0.5, 0.6) is 0 Å². The zero-order chi connectivity index (χ0) is 13.6. The van der Waals surface area contributed by atoms with E-state index in [1.54, 1.807) is 0 Å². The highest BCUT2D eigenvalue weighted by atomic mass is 16.5. The van der Waals surface area contributed by atoms with E-state index >= 15 is 0 Å². The van der Waals surface area contributed by atoms with Crippen molar-refractivity contribution in [2.75, 3.05) is 13.2 Å². The fraction of sp³-hybridized carbons (Fsp3) is 0.800. The Morgan fingerprint density at radius 3 is 2.56 bits per heavy atom. The van der Waals surface area contributed by atoms with Crippen LogP contribution in [-0.4, -0.2) is 25.3 Å². The Hall–Kier alpha value is -0.830. The van der Waals surface area contributed by atoms with Crippen LogP contribution >= 0.6 is 0 Å². The molecule has 0 saturated heterocycles. The molecule has 18 heavy (non-hydrogen) atoms. The Labute approximate surface area is 112 Å². The van der Waals surface area contributed by atoms with Crippen LogP contribution in [0.25, 0.3) is 0 Å². The van der Waals surface area contributed by atoms with E-state index in [0.717, 1.165) is 38.7 Å². The maximum atomic E-state index is 10.6. The lowest BCUT2D eigenvalue weighted by Gasteiger charge is -2.16. The Kier molecular flexibility index (Phi) is 12.0. The van der Waals surface area contributed by atoms with E-state index in [0.29, 0.717) is 6.61 Å². The number of ether oxygens (including phenoxy) is 2. The van der Waals surface area contributed by atoms with Gasteiger partial charge in [-0.2, -0.15) is 0 Å². The zero-order valence-corrected chi connectivity index (χ0v) is 12.0. The highest BCUT2D eigenvalue weighted by molar-refractivity contribution is 5.65. The van der Waals surface area contributed by atoms with E-state index in [9.17, 15) is 4.79 Å². The van der Waals surface area contributed by atoms with Crippen molar-refractivity contribution in [2.24, 2.45) is 0 Å². The molecule has 0 aliphatic rings. The van der Waals surface area contributed by atoms with Crippen LogP contribution in [-0.2, 0) is 14.3 Å². The van der Waals surface area contributed by atoms with Gasteiger partial charge in [-0.15, -0.1) is 6.58 Å². The average molecular weight is 256 g/mol. The van der Waals surface area contributed by atoms with Gasteiger partial charge in [0.1, 0.15) is 0 Å². The van der Waals surface area contributed by atoms with Gasteiger partial charge in [-0.1, -0.05) is 25.8 Å². The third kappa shape index (κ3) is 11.6. The highest BCUT2D eigenvalue weighted by Gasteiger charge is 2.06. The fourth-order valence-electron chi connectivity index (χ4n) is 1.75. The molecule has 0 fully saturated rings. The molecule has 0 aromatic carbocycles. The number of esters is 1. The predicted octanol–water partition coefficient (Wildman–Crippen LogP) is 3.87. The number of carbonyl (C=O) groups excluding carboxylic acids is 1. The molecule has 0 rings (SSSR count). The number of unbranched alkanes of at least 4 members (excludes halogenated alkanes) is 3. The molecule has 0 heterocycles. The summed E-state index contributed by atoms with van der Waals surface area (Å²) in [7, 11) is 0. The molecule has 0 aromatic rings. The lowest BCUT2D eigenvalue weighted by atomic mass is 10.1. The van der Waals surface area contributed by atoms with Gasteiger partial charge in [-0.3, -0.25) is 4.79 Å². The van der Waals surface area contributed by atoms with Crippen molar-refractivity contribution in [2.45, 2.75) is 64.9 Å². The van der Waals surface area contributed by atoms with Crippen molar-refractivity contribution in [1.29, 1.82) is 0 Å². The largest absolute Gasteiger partial charge is 0.466 e. The first-order valence-electron chi connectivity index (χ1n) is 7.06.